The lowest BCUT2D eigenvalue weighted by Gasteiger charge is -2.39. The Morgan fingerprint density at radius 3 is 2.62 bits per heavy atom. The summed E-state index contributed by atoms with van der Waals surface area (Å²) in [6, 6.07) is 9.05. The number of fused-ring (bicyclic) bond motifs is 3. The van der Waals surface area contributed by atoms with Crippen LogP contribution >= 0.6 is 0 Å². The molecule has 2 atom stereocenters. The molecule has 0 unspecified atom stereocenters. The summed E-state index contributed by atoms with van der Waals surface area (Å²) in [5.74, 6) is 0.168. The molecule has 34 heavy (non-hydrogen) atoms. The minimum absolute atomic E-state index is 0.0101. The summed E-state index contributed by atoms with van der Waals surface area (Å²) in [5.41, 5.74) is -0.297. The van der Waals surface area contributed by atoms with Gasteiger partial charge in [-0.3, -0.25) is 4.79 Å². The van der Waals surface area contributed by atoms with Crippen molar-refractivity contribution < 1.29 is 22.7 Å². The van der Waals surface area contributed by atoms with Gasteiger partial charge in [-0.15, -0.1) is 0 Å². The average Bonchev–Trinajstić information content (AvgIpc) is 3.28. The molecule has 6 nitrogen and oxygen atoms in total. The number of carbonyl (C=O) groups excluding carboxylic acids is 1. The predicted molar refractivity (Wildman–Crippen MR) is 121 cm³/mol. The Morgan fingerprint density at radius 2 is 1.91 bits per heavy atom. The number of amides is 1. The molecule has 1 aliphatic carbocycles. The number of benzene rings is 1. The van der Waals surface area contributed by atoms with Gasteiger partial charge in [-0.2, -0.15) is 18.3 Å². The van der Waals surface area contributed by atoms with Crippen molar-refractivity contribution >= 4 is 11.6 Å². The van der Waals surface area contributed by atoms with Gasteiger partial charge in [0.1, 0.15) is 5.75 Å². The van der Waals surface area contributed by atoms with Gasteiger partial charge in [0.15, 0.2) is 17.0 Å². The van der Waals surface area contributed by atoms with Crippen LogP contribution < -0.4 is 4.74 Å². The smallest absolute Gasteiger partial charge is 0.433 e. The van der Waals surface area contributed by atoms with Crippen LogP contribution in [0.1, 0.15) is 56.2 Å². The van der Waals surface area contributed by atoms with Crippen LogP contribution in [0.25, 0.3) is 16.9 Å². The molecule has 2 fully saturated rings. The van der Waals surface area contributed by atoms with Crippen LogP contribution in [0.5, 0.6) is 5.75 Å². The number of carbonyl (C=O) groups is 1. The van der Waals surface area contributed by atoms with E-state index in [1.807, 2.05) is 0 Å². The highest BCUT2D eigenvalue weighted by atomic mass is 19.4. The lowest BCUT2D eigenvalue weighted by molar-refractivity contribution is -0.142. The van der Waals surface area contributed by atoms with Crippen LogP contribution in [0.3, 0.4) is 0 Å². The van der Waals surface area contributed by atoms with E-state index in [1.54, 1.807) is 29.2 Å². The fourth-order valence-corrected chi connectivity index (χ4v) is 6.06. The Balaban J connectivity index is 1.57. The van der Waals surface area contributed by atoms with E-state index in [-0.39, 0.29) is 39.8 Å². The maximum atomic E-state index is 14.0. The molecule has 0 radical (unpaired) electrons. The molecule has 0 N–H and O–H groups in total. The molecule has 180 valence electrons. The molecule has 2 bridgehead atoms. The molecule has 1 aliphatic heterocycles. The number of aromatic nitrogens is 3. The fourth-order valence-electron chi connectivity index (χ4n) is 6.06. The van der Waals surface area contributed by atoms with Crippen molar-refractivity contribution in [3.05, 3.63) is 47.8 Å². The molecule has 3 heterocycles. The topological polar surface area (TPSA) is 59.7 Å². The predicted octanol–water partition coefficient (Wildman–Crippen LogP) is 5.46. The van der Waals surface area contributed by atoms with Crippen molar-refractivity contribution in [2.75, 3.05) is 13.7 Å². The summed E-state index contributed by atoms with van der Waals surface area (Å²) in [6.07, 6.45) is -1.90. The highest BCUT2D eigenvalue weighted by Gasteiger charge is 2.51. The molecule has 1 amide bonds. The van der Waals surface area contributed by atoms with Crippen LogP contribution in [-0.4, -0.2) is 45.1 Å². The minimum atomic E-state index is -4.68. The number of hydrogen-bond acceptors (Lipinski definition) is 4. The lowest BCUT2D eigenvalue weighted by atomic mass is 9.65. The molecule has 3 aromatic rings. The maximum Gasteiger partial charge on any atom is 0.433 e. The van der Waals surface area contributed by atoms with Gasteiger partial charge in [-0.1, -0.05) is 32.9 Å². The van der Waals surface area contributed by atoms with Gasteiger partial charge in [0.25, 0.3) is 5.91 Å². The molecule has 0 spiro atoms. The second-order valence-electron chi connectivity index (χ2n) is 10.7. The van der Waals surface area contributed by atoms with Gasteiger partial charge >= 0.3 is 6.18 Å². The molecular formula is C25H27F3N4O2. The summed E-state index contributed by atoms with van der Waals surface area (Å²) in [5, 5.41) is 4.08. The Kier molecular flexibility index (Phi) is 4.97. The number of rotatable bonds is 3. The zero-order chi connectivity index (χ0) is 24.5. The van der Waals surface area contributed by atoms with Crippen molar-refractivity contribution in [2.24, 2.45) is 10.8 Å². The number of nitrogens with zero attached hydrogens (tertiary/aromatic N) is 4. The Hall–Kier alpha value is -3.10. The van der Waals surface area contributed by atoms with Crippen molar-refractivity contribution in [1.29, 1.82) is 0 Å². The number of hydrogen-bond donors (Lipinski definition) is 0. The third-order valence-corrected chi connectivity index (χ3v) is 6.98. The highest BCUT2D eigenvalue weighted by Crippen LogP contribution is 2.52. The zero-order valence-electron chi connectivity index (χ0n) is 19.6. The van der Waals surface area contributed by atoms with E-state index in [4.69, 9.17) is 4.74 Å². The van der Waals surface area contributed by atoms with Gasteiger partial charge in [-0.25, -0.2) is 9.50 Å². The first-order valence-electron chi connectivity index (χ1n) is 11.3. The average molecular weight is 473 g/mol. The third kappa shape index (κ3) is 3.91. The van der Waals surface area contributed by atoms with E-state index in [0.29, 0.717) is 17.9 Å². The van der Waals surface area contributed by atoms with E-state index in [9.17, 15) is 18.0 Å². The summed E-state index contributed by atoms with van der Waals surface area (Å²) in [6.45, 7) is 7.18. The van der Waals surface area contributed by atoms with Crippen LogP contribution in [0, 0.1) is 10.8 Å². The van der Waals surface area contributed by atoms with Crippen molar-refractivity contribution in [1.82, 2.24) is 19.5 Å². The molecule has 2 aromatic heterocycles. The van der Waals surface area contributed by atoms with E-state index < -0.39 is 11.9 Å². The van der Waals surface area contributed by atoms with Crippen molar-refractivity contribution in [2.45, 2.75) is 52.3 Å². The summed E-state index contributed by atoms with van der Waals surface area (Å²) in [4.78, 5) is 19.6. The lowest BCUT2D eigenvalue weighted by Crippen LogP contribution is -2.37. The summed E-state index contributed by atoms with van der Waals surface area (Å²) in [7, 11) is 1.49. The number of ether oxygens (including phenoxy) is 1. The van der Waals surface area contributed by atoms with Crippen molar-refractivity contribution in [3.63, 3.8) is 0 Å². The van der Waals surface area contributed by atoms with Crippen LogP contribution in [0.2, 0.25) is 0 Å². The molecule has 9 heteroatoms. The Labute approximate surface area is 195 Å². The first kappa shape index (κ1) is 22.7. The molecule has 1 saturated carbocycles. The van der Waals surface area contributed by atoms with Crippen LogP contribution in [0.4, 0.5) is 13.2 Å². The van der Waals surface area contributed by atoms with Gasteiger partial charge in [0, 0.05) is 24.2 Å². The van der Waals surface area contributed by atoms with E-state index >= 15 is 0 Å². The third-order valence-electron chi connectivity index (χ3n) is 6.98. The van der Waals surface area contributed by atoms with Crippen LogP contribution in [-0.2, 0) is 6.18 Å². The molecule has 1 aromatic carbocycles. The second kappa shape index (κ2) is 7.45. The number of alkyl halides is 3. The first-order valence-corrected chi connectivity index (χ1v) is 11.3. The largest absolute Gasteiger partial charge is 0.497 e. The van der Waals surface area contributed by atoms with Gasteiger partial charge in [-0.05, 0) is 48.3 Å². The van der Waals surface area contributed by atoms with E-state index in [0.717, 1.165) is 29.8 Å². The number of likely N-dealkylation sites (tertiary alicyclic amines) is 1. The molecule has 2 aliphatic rings. The Bertz CT molecular complexity index is 1280. The van der Waals surface area contributed by atoms with Crippen molar-refractivity contribution in [3.8, 4) is 17.0 Å². The van der Waals surface area contributed by atoms with Crippen LogP contribution in [0.15, 0.2) is 36.4 Å². The van der Waals surface area contributed by atoms with Gasteiger partial charge in [0.05, 0.1) is 12.8 Å². The zero-order valence-corrected chi connectivity index (χ0v) is 19.6. The van der Waals surface area contributed by atoms with E-state index in [1.165, 1.54) is 13.2 Å². The second-order valence-corrected chi connectivity index (χ2v) is 10.7. The van der Waals surface area contributed by atoms with Gasteiger partial charge in [0.2, 0.25) is 0 Å². The molecular weight excluding hydrogens is 445 g/mol. The quantitative estimate of drug-likeness (QED) is 0.508. The molecule has 5 rings (SSSR count). The number of halogens is 3. The SMILES string of the molecule is COc1cccc(-c2cc(C(F)(F)F)n3nc(C(=O)N4C[C@@]5(C)C[C@@H]4CC(C)(C)C5)cc3n2)c1. The summed E-state index contributed by atoms with van der Waals surface area (Å²) >= 11 is 0. The standard InChI is InChI=1S/C25H27F3N4O2/c1-23(2)11-16-12-24(3,13-23)14-31(16)22(33)19-10-21-29-18(15-6-5-7-17(8-15)34-4)9-20(25(26,27)28)32(21)30-19/h5-10,16H,11-14H2,1-4H3/t16-,24-/m0/s1. The van der Waals surface area contributed by atoms with E-state index in [2.05, 4.69) is 30.9 Å². The molecule has 1 saturated heterocycles. The first-order chi connectivity index (χ1) is 15.9. The number of methoxy groups -OCH3 is 1. The fraction of sp³-hybridized carbons (Fsp3) is 0.480. The highest BCUT2D eigenvalue weighted by molar-refractivity contribution is 5.94. The monoisotopic (exact) mass is 472 g/mol. The van der Waals surface area contributed by atoms with Gasteiger partial charge < -0.3 is 9.64 Å². The Morgan fingerprint density at radius 1 is 1.15 bits per heavy atom. The normalized spacial score (nSPS) is 24.0. The maximum absolute atomic E-state index is 14.0. The summed E-state index contributed by atoms with van der Waals surface area (Å²) < 4.78 is 47.8. The minimum Gasteiger partial charge on any atom is -0.497 e.